The highest BCUT2D eigenvalue weighted by Gasteiger charge is 2.25. The minimum atomic E-state index is 0.632. The number of aromatic nitrogens is 2. The van der Waals surface area contributed by atoms with Crippen molar-refractivity contribution in [1.29, 1.82) is 0 Å². The van der Waals surface area contributed by atoms with Crippen molar-refractivity contribution in [3.05, 3.63) is 64.7 Å². The highest BCUT2D eigenvalue weighted by atomic mass is 32.1. The van der Waals surface area contributed by atoms with E-state index in [1.165, 1.54) is 47.6 Å². The van der Waals surface area contributed by atoms with E-state index in [4.69, 9.17) is 0 Å². The van der Waals surface area contributed by atoms with Gasteiger partial charge >= 0.3 is 0 Å². The number of benzene rings is 1. The van der Waals surface area contributed by atoms with E-state index in [0.717, 1.165) is 12.2 Å². The van der Waals surface area contributed by atoms with Crippen molar-refractivity contribution in [2.45, 2.75) is 32.2 Å². The summed E-state index contributed by atoms with van der Waals surface area (Å²) < 4.78 is 0. The molecule has 2 N–H and O–H groups in total. The fraction of sp³-hybridized carbons (Fsp3) is 0.350. The number of aromatic amines is 1. The van der Waals surface area contributed by atoms with Crippen LogP contribution in [0.25, 0.3) is 10.6 Å². The lowest BCUT2D eigenvalue weighted by Gasteiger charge is -2.28. The van der Waals surface area contributed by atoms with Gasteiger partial charge in [-0.05, 0) is 24.4 Å². The summed E-state index contributed by atoms with van der Waals surface area (Å²) in [6, 6.07) is 15.5. The number of likely N-dealkylation sites (tertiary alicyclic amines) is 1. The third kappa shape index (κ3) is 3.45. The number of hydrogen-bond acceptors (Lipinski definition) is 2. The molecule has 4 rings (SSSR count). The van der Waals surface area contributed by atoms with Crippen molar-refractivity contribution in [2.24, 2.45) is 0 Å². The maximum absolute atomic E-state index is 4.51. The Labute approximate surface area is 147 Å². The lowest BCUT2D eigenvalue weighted by Crippen LogP contribution is -3.11. The van der Waals surface area contributed by atoms with E-state index in [0.29, 0.717) is 5.92 Å². The predicted molar refractivity (Wildman–Crippen MR) is 99.5 cm³/mol. The summed E-state index contributed by atoms with van der Waals surface area (Å²) >= 11 is 1.75. The number of piperidine rings is 1. The molecule has 1 aromatic carbocycles. The lowest BCUT2D eigenvalue weighted by molar-refractivity contribution is -0.919. The number of nitrogens with zero attached hydrogens (tertiary/aromatic N) is 1. The first-order chi connectivity index (χ1) is 11.8. The average molecular weight is 339 g/mol. The summed E-state index contributed by atoms with van der Waals surface area (Å²) in [7, 11) is 0. The van der Waals surface area contributed by atoms with Gasteiger partial charge in [0.05, 0.1) is 18.0 Å². The Morgan fingerprint density at radius 1 is 1.17 bits per heavy atom. The number of aryl methyl sites for hydroxylation is 1. The maximum atomic E-state index is 4.51. The standard InChI is InChI=1S/C20H23N3S/c1-15-4-6-16(7-5-15)14-23-10-8-17(9-11-23)18-13-19(22-21-18)20-3-2-12-24-20/h2-7,12-13,17H,8-11,14H2,1H3,(H,21,22)/p+1. The van der Waals surface area contributed by atoms with Gasteiger partial charge < -0.3 is 4.90 Å². The molecule has 2 aromatic heterocycles. The molecule has 0 aliphatic carbocycles. The summed E-state index contributed by atoms with van der Waals surface area (Å²) in [6.07, 6.45) is 2.49. The highest BCUT2D eigenvalue weighted by molar-refractivity contribution is 7.13. The highest BCUT2D eigenvalue weighted by Crippen LogP contribution is 2.28. The molecule has 0 spiro atoms. The second kappa shape index (κ2) is 6.91. The first-order valence-electron chi connectivity index (χ1n) is 8.76. The Bertz CT molecular complexity index is 766. The minimum Gasteiger partial charge on any atom is -0.331 e. The lowest BCUT2D eigenvalue weighted by atomic mass is 9.93. The van der Waals surface area contributed by atoms with Gasteiger partial charge in [0, 0.05) is 30.0 Å². The molecule has 124 valence electrons. The van der Waals surface area contributed by atoms with Gasteiger partial charge in [-0.2, -0.15) is 5.10 Å². The second-order valence-corrected chi connectivity index (χ2v) is 7.82. The Hall–Kier alpha value is -1.91. The van der Waals surface area contributed by atoms with Crippen molar-refractivity contribution in [1.82, 2.24) is 10.2 Å². The van der Waals surface area contributed by atoms with E-state index in [-0.39, 0.29) is 0 Å². The van der Waals surface area contributed by atoms with Gasteiger partial charge in [0.15, 0.2) is 0 Å². The average Bonchev–Trinajstić information content (AvgIpc) is 3.29. The van der Waals surface area contributed by atoms with Crippen LogP contribution in [0.4, 0.5) is 0 Å². The minimum absolute atomic E-state index is 0.632. The van der Waals surface area contributed by atoms with Crippen molar-refractivity contribution >= 4 is 11.3 Å². The molecule has 0 radical (unpaired) electrons. The third-order valence-electron chi connectivity index (χ3n) is 5.08. The third-order valence-corrected chi connectivity index (χ3v) is 5.97. The molecule has 0 bridgehead atoms. The number of H-pyrrole nitrogens is 1. The zero-order chi connectivity index (χ0) is 16.4. The Morgan fingerprint density at radius 2 is 1.96 bits per heavy atom. The van der Waals surface area contributed by atoms with Crippen molar-refractivity contribution in [2.75, 3.05) is 13.1 Å². The van der Waals surface area contributed by atoms with Crippen molar-refractivity contribution in [3.63, 3.8) is 0 Å². The molecule has 24 heavy (non-hydrogen) atoms. The topological polar surface area (TPSA) is 33.1 Å². The quantitative estimate of drug-likeness (QED) is 0.751. The molecule has 3 aromatic rings. The van der Waals surface area contributed by atoms with E-state index in [2.05, 4.69) is 65.0 Å². The van der Waals surface area contributed by atoms with Gasteiger partial charge in [-0.3, -0.25) is 5.10 Å². The molecule has 4 heteroatoms. The van der Waals surface area contributed by atoms with Gasteiger partial charge in [0.2, 0.25) is 0 Å². The van der Waals surface area contributed by atoms with Crippen molar-refractivity contribution < 1.29 is 4.90 Å². The van der Waals surface area contributed by atoms with Crippen LogP contribution in [-0.4, -0.2) is 23.3 Å². The van der Waals surface area contributed by atoms with Gasteiger partial charge in [-0.15, -0.1) is 11.3 Å². The first-order valence-corrected chi connectivity index (χ1v) is 9.64. The number of nitrogens with one attached hydrogen (secondary N) is 2. The summed E-state index contributed by atoms with van der Waals surface area (Å²) in [4.78, 5) is 2.95. The van der Waals surface area contributed by atoms with Crippen LogP contribution in [0.3, 0.4) is 0 Å². The van der Waals surface area contributed by atoms with E-state index in [1.807, 2.05) is 0 Å². The van der Waals surface area contributed by atoms with E-state index < -0.39 is 0 Å². The SMILES string of the molecule is Cc1ccc(C[NH+]2CCC(c3cc(-c4cccs4)n[nH]3)CC2)cc1. The van der Waals surface area contributed by atoms with Crippen LogP contribution in [0, 0.1) is 6.92 Å². The molecule has 0 amide bonds. The molecule has 1 aliphatic heterocycles. The van der Waals surface area contributed by atoms with Gasteiger partial charge in [-0.1, -0.05) is 35.9 Å². The summed E-state index contributed by atoms with van der Waals surface area (Å²) in [5, 5.41) is 9.90. The predicted octanol–water partition coefficient (Wildman–Crippen LogP) is 3.41. The van der Waals surface area contributed by atoms with Crippen LogP contribution in [0.1, 0.15) is 35.6 Å². The normalized spacial score (nSPS) is 21.0. The molecule has 0 unspecified atom stereocenters. The largest absolute Gasteiger partial charge is 0.331 e. The summed E-state index contributed by atoms with van der Waals surface area (Å²) in [5.74, 6) is 0.632. The van der Waals surface area contributed by atoms with Gasteiger partial charge in [0.1, 0.15) is 12.2 Å². The van der Waals surface area contributed by atoms with E-state index in [1.54, 1.807) is 16.2 Å². The molecular weight excluding hydrogens is 314 g/mol. The van der Waals surface area contributed by atoms with E-state index in [9.17, 15) is 0 Å². The van der Waals surface area contributed by atoms with Crippen LogP contribution in [0.5, 0.6) is 0 Å². The van der Waals surface area contributed by atoms with Gasteiger partial charge in [-0.25, -0.2) is 0 Å². The number of quaternary nitrogens is 1. The molecule has 1 fully saturated rings. The Balaban J connectivity index is 1.35. The van der Waals surface area contributed by atoms with Crippen LogP contribution >= 0.6 is 11.3 Å². The molecule has 1 saturated heterocycles. The number of hydrogen-bond donors (Lipinski definition) is 2. The molecule has 0 atom stereocenters. The summed E-state index contributed by atoms with van der Waals surface area (Å²) in [6.45, 7) is 5.78. The number of thiophene rings is 1. The zero-order valence-corrected chi connectivity index (χ0v) is 14.9. The fourth-order valence-corrected chi connectivity index (χ4v) is 4.29. The van der Waals surface area contributed by atoms with Gasteiger partial charge in [0.25, 0.3) is 0 Å². The molecule has 1 aliphatic rings. The molecule has 3 heterocycles. The van der Waals surface area contributed by atoms with E-state index >= 15 is 0 Å². The molecule has 3 nitrogen and oxygen atoms in total. The van der Waals surface area contributed by atoms with Crippen LogP contribution in [0.2, 0.25) is 0 Å². The fourth-order valence-electron chi connectivity index (χ4n) is 3.60. The monoisotopic (exact) mass is 338 g/mol. The van der Waals surface area contributed by atoms with Crippen molar-refractivity contribution in [3.8, 4) is 10.6 Å². The molecular formula is C20H24N3S+. The smallest absolute Gasteiger partial charge is 0.103 e. The Kier molecular flexibility index (Phi) is 4.50. The second-order valence-electron chi connectivity index (χ2n) is 6.87. The van der Waals surface area contributed by atoms with Crippen LogP contribution in [-0.2, 0) is 6.54 Å². The van der Waals surface area contributed by atoms with Crippen LogP contribution < -0.4 is 4.90 Å². The molecule has 0 saturated carbocycles. The zero-order valence-electron chi connectivity index (χ0n) is 14.1. The maximum Gasteiger partial charge on any atom is 0.103 e. The summed E-state index contributed by atoms with van der Waals surface area (Å²) in [5.41, 5.74) is 5.20. The number of rotatable bonds is 4. The first kappa shape index (κ1) is 15.6. The Morgan fingerprint density at radius 3 is 2.67 bits per heavy atom. The van der Waals surface area contributed by atoms with Crippen LogP contribution in [0.15, 0.2) is 47.8 Å².